The van der Waals surface area contributed by atoms with Crippen LogP contribution in [-0.2, 0) is 11.3 Å². The van der Waals surface area contributed by atoms with E-state index >= 15 is 0 Å². The summed E-state index contributed by atoms with van der Waals surface area (Å²) in [4.78, 5) is 13.5. The first kappa shape index (κ1) is 13.4. The highest BCUT2D eigenvalue weighted by Crippen LogP contribution is 2.19. The number of hydrogen-bond donors (Lipinski definition) is 1. The van der Waals surface area contributed by atoms with Crippen molar-refractivity contribution in [2.75, 3.05) is 20.7 Å². The Kier molecular flexibility index (Phi) is 4.03. The zero-order valence-electron chi connectivity index (χ0n) is 11.1. The molecular weight excluding hydrogens is 242 g/mol. The predicted octanol–water partition coefficient (Wildman–Crippen LogP) is 0.887. The van der Waals surface area contributed by atoms with E-state index in [1.165, 1.54) is 0 Å². The van der Waals surface area contributed by atoms with Crippen LogP contribution in [0.4, 0.5) is 0 Å². The lowest BCUT2D eigenvalue weighted by Gasteiger charge is -2.12. The van der Waals surface area contributed by atoms with E-state index in [0.29, 0.717) is 17.9 Å². The molecule has 0 spiro atoms. The standard InChI is InChI=1S/C14H17N3O2/c1-17-6-5-12(14(17)18)16-9-10-3-4-13(19-2)11(7-10)8-15/h3-4,7,12,16H,5-6,9H2,1-2H3. The summed E-state index contributed by atoms with van der Waals surface area (Å²) in [6.07, 6.45) is 0.830. The lowest BCUT2D eigenvalue weighted by Crippen LogP contribution is -2.36. The van der Waals surface area contributed by atoms with Crippen molar-refractivity contribution >= 4 is 5.91 Å². The molecule has 0 saturated carbocycles. The molecular formula is C14H17N3O2. The van der Waals surface area contributed by atoms with Gasteiger partial charge in [0.15, 0.2) is 0 Å². The molecule has 1 heterocycles. The van der Waals surface area contributed by atoms with Crippen molar-refractivity contribution in [1.82, 2.24) is 10.2 Å². The van der Waals surface area contributed by atoms with Crippen LogP contribution in [0.2, 0.25) is 0 Å². The van der Waals surface area contributed by atoms with Crippen molar-refractivity contribution < 1.29 is 9.53 Å². The second kappa shape index (κ2) is 5.72. The third-order valence-electron chi connectivity index (χ3n) is 3.36. The largest absolute Gasteiger partial charge is 0.495 e. The minimum absolute atomic E-state index is 0.113. The van der Waals surface area contributed by atoms with Gasteiger partial charge in [-0.1, -0.05) is 6.07 Å². The van der Waals surface area contributed by atoms with Gasteiger partial charge in [0.25, 0.3) is 0 Å². The number of ether oxygens (including phenoxy) is 1. The van der Waals surface area contributed by atoms with Gasteiger partial charge in [0.2, 0.25) is 5.91 Å². The summed E-state index contributed by atoms with van der Waals surface area (Å²) in [6.45, 7) is 1.37. The molecule has 19 heavy (non-hydrogen) atoms. The number of carbonyl (C=O) groups excluding carboxylic acids is 1. The highest BCUT2D eigenvalue weighted by atomic mass is 16.5. The quantitative estimate of drug-likeness (QED) is 0.872. The van der Waals surface area contributed by atoms with Gasteiger partial charge in [-0.15, -0.1) is 0 Å². The smallest absolute Gasteiger partial charge is 0.239 e. The predicted molar refractivity (Wildman–Crippen MR) is 70.6 cm³/mol. The zero-order valence-corrected chi connectivity index (χ0v) is 11.1. The normalized spacial score (nSPS) is 18.5. The molecule has 1 saturated heterocycles. The number of amides is 1. The maximum absolute atomic E-state index is 11.7. The number of hydrogen-bond acceptors (Lipinski definition) is 4. The molecule has 0 radical (unpaired) electrons. The van der Waals surface area contributed by atoms with Crippen molar-refractivity contribution in [1.29, 1.82) is 5.26 Å². The van der Waals surface area contributed by atoms with Crippen LogP contribution in [0.25, 0.3) is 0 Å². The van der Waals surface area contributed by atoms with E-state index in [0.717, 1.165) is 18.5 Å². The SMILES string of the molecule is COc1ccc(CNC2CCN(C)C2=O)cc1C#N. The fraction of sp³-hybridized carbons (Fsp3) is 0.429. The van der Waals surface area contributed by atoms with E-state index in [4.69, 9.17) is 10.00 Å². The van der Waals surface area contributed by atoms with Gasteiger partial charge in [-0.3, -0.25) is 4.79 Å². The molecule has 5 heteroatoms. The summed E-state index contributed by atoms with van der Waals surface area (Å²) in [5.74, 6) is 0.706. The number of nitriles is 1. The average Bonchev–Trinajstić information content (AvgIpc) is 2.76. The van der Waals surface area contributed by atoms with E-state index in [9.17, 15) is 4.79 Å². The zero-order chi connectivity index (χ0) is 13.8. The Morgan fingerprint density at radius 2 is 2.37 bits per heavy atom. The number of likely N-dealkylation sites (N-methyl/N-ethyl adjacent to an activating group) is 1. The Morgan fingerprint density at radius 3 is 2.95 bits per heavy atom. The molecule has 0 aromatic heterocycles. The van der Waals surface area contributed by atoms with Crippen LogP contribution in [0.1, 0.15) is 17.5 Å². The molecule has 100 valence electrons. The van der Waals surface area contributed by atoms with E-state index in [1.807, 2.05) is 13.1 Å². The van der Waals surface area contributed by atoms with Crippen LogP contribution in [0.15, 0.2) is 18.2 Å². The molecule has 1 N–H and O–H groups in total. The van der Waals surface area contributed by atoms with Crippen molar-refractivity contribution in [2.45, 2.75) is 19.0 Å². The maximum Gasteiger partial charge on any atom is 0.239 e. The van der Waals surface area contributed by atoms with Crippen LogP contribution in [-0.4, -0.2) is 37.6 Å². The monoisotopic (exact) mass is 259 g/mol. The number of carbonyl (C=O) groups is 1. The first-order chi connectivity index (χ1) is 9.15. The van der Waals surface area contributed by atoms with E-state index in [2.05, 4.69) is 11.4 Å². The van der Waals surface area contributed by atoms with Crippen LogP contribution in [0.5, 0.6) is 5.75 Å². The molecule has 1 aliphatic rings. The minimum Gasteiger partial charge on any atom is -0.495 e. The Balaban J connectivity index is 2.01. The number of nitrogens with zero attached hydrogens (tertiary/aromatic N) is 2. The van der Waals surface area contributed by atoms with Crippen molar-refractivity contribution in [3.05, 3.63) is 29.3 Å². The van der Waals surface area contributed by atoms with Crippen molar-refractivity contribution in [3.8, 4) is 11.8 Å². The molecule has 1 aromatic carbocycles. The molecule has 1 aliphatic heterocycles. The highest BCUT2D eigenvalue weighted by molar-refractivity contribution is 5.83. The van der Waals surface area contributed by atoms with E-state index < -0.39 is 0 Å². The summed E-state index contributed by atoms with van der Waals surface area (Å²) < 4.78 is 5.10. The summed E-state index contributed by atoms with van der Waals surface area (Å²) in [5.41, 5.74) is 1.48. The third kappa shape index (κ3) is 2.85. The fourth-order valence-electron chi connectivity index (χ4n) is 2.21. The number of rotatable bonds is 4. The summed E-state index contributed by atoms with van der Waals surface area (Å²) in [7, 11) is 3.35. The molecule has 0 aliphatic carbocycles. The maximum atomic E-state index is 11.7. The first-order valence-electron chi connectivity index (χ1n) is 6.21. The number of nitrogens with one attached hydrogen (secondary N) is 1. The van der Waals surface area contributed by atoms with Crippen LogP contribution < -0.4 is 10.1 Å². The Morgan fingerprint density at radius 1 is 1.58 bits per heavy atom. The van der Waals surface area contributed by atoms with Crippen molar-refractivity contribution in [2.24, 2.45) is 0 Å². The van der Waals surface area contributed by atoms with Crippen LogP contribution in [0, 0.1) is 11.3 Å². The van der Waals surface area contributed by atoms with Gasteiger partial charge in [-0.05, 0) is 24.1 Å². The third-order valence-corrected chi connectivity index (χ3v) is 3.36. The van der Waals surface area contributed by atoms with E-state index in [1.54, 1.807) is 24.1 Å². The number of methoxy groups -OCH3 is 1. The Hall–Kier alpha value is -2.06. The summed E-state index contributed by atoms with van der Waals surface area (Å²) in [6, 6.07) is 7.45. The molecule has 5 nitrogen and oxygen atoms in total. The van der Waals surface area contributed by atoms with E-state index in [-0.39, 0.29) is 11.9 Å². The van der Waals surface area contributed by atoms with Crippen LogP contribution >= 0.6 is 0 Å². The topological polar surface area (TPSA) is 65.4 Å². The second-order valence-electron chi connectivity index (χ2n) is 4.63. The summed E-state index contributed by atoms with van der Waals surface area (Å²) in [5, 5.41) is 12.2. The van der Waals surface area contributed by atoms with Crippen molar-refractivity contribution in [3.63, 3.8) is 0 Å². The Bertz CT molecular complexity index is 522. The molecule has 2 rings (SSSR count). The lowest BCUT2D eigenvalue weighted by atomic mass is 10.1. The van der Waals surface area contributed by atoms with Gasteiger partial charge in [0, 0.05) is 20.1 Å². The van der Waals surface area contributed by atoms with Gasteiger partial charge >= 0.3 is 0 Å². The molecule has 1 unspecified atom stereocenters. The highest BCUT2D eigenvalue weighted by Gasteiger charge is 2.28. The van der Waals surface area contributed by atoms with Gasteiger partial charge < -0.3 is 15.0 Å². The fourth-order valence-corrected chi connectivity index (χ4v) is 2.21. The second-order valence-corrected chi connectivity index (χ2v) is 4.63. The van der Waals surface area contributed by atoms with Gasteiger partial charge in [0.1, 0.15) is 11.8 Å². The molecule has 1 atom stereocenters. The number of benzene rings is 1. The molecule has 1 fully saturated rings. The summed E-state index contributed by atoms with van der Waals surface area (Å²) >= 11 is 0. The van der Waals surface area contributed by atoms with Gasteiger partial charge in [0.05, 0.1) is 18.7 Å². The number of likely N-dealkylation sites (tertiary alicyclic amines) is 1. The average molecular weight is 259 g/mol. The molecule has 0 bridgehead atoms. The molecule has 1 aromatic rings. The Labute approximate surface area is 112 Å². The molecule has 1 amide bonds. The lowest BCUT2D eigenvalue weighted by molar-refractivity contribution is -0.128. The minimum atomic E-state index is -0.113. The first-order valence-corrected chi connectivity index (χ1v) is 6.21. The van der Waals surface area contributed by atoms with Crippen LogP contribution in [0.3, 0.4) is 0 Å². The van der Waals surface area contributed by atoms with Gasteiger partial charge in [-0.25, -0.2) is 0 Å². The van der Waals surface area contributed by atoms with Gasteiger partial charge in [-0.2, -0.15) is 5.26 Å².